The lowest BCUT2D eigenvalue weighted by Gasteiger charge is -2.27. The van der Waals surface area contributed by atoms with Crippen molar-refractivity contribution >= 4 is 11.7 Å². The molecule has 0 saturated carbocycles. The summed E-state index contributed by atoms with van der Waals surface area (Å²) in [6.45, 7) is 4.99. The van der Waals surface area contributed by atoms with Crippen LogP contribution in [0.5, 0.6) is 0 Å². The molecule has 0 unspecified atom stereocenters. The first kappa shape index (κ1) is 16.9. The second kappa shape index (κ2) is 7.01. The molecule has 7 heteroatoms. The number of amides is 1. The largest absolute Gasteiger partial charge is 0.409 e. The molecule has 0 aliphatic carbocycles. The number of hydrogen-bond acceptors (Lipinski definition) is 3. The highest BCUT2D eigenvalue weighted by atomic mass is 19.1. The average molecular weight is 299 g/mol. The Morgan fingerprint density at radius 1 is 1.43 bits per heavy atom. The second-order valence-corrected chi connectivity index (χ2v) is 4.99. The maximum absolute atomic E-state index is 14.0. The van der Waals surface area contributed by atoms with Gasteiger partial charge in [0, 0.05) is 19.0 Å². The summed E-state index contributed by atoms with van der Waals surface area (Å²) in [4.78, 5) is 13.7. The lowest BCUT2D eigenvalue weighted by atomic mass is 10.1. The molecule has 0 aliphatic rings. The Labute approximate surface area is 122 Å². The minimum atomic E-state index is -0.905. The van der Waals surface area contributed by atoms with Gasteiger partial charge >= 0.3 is 0 Å². The Morgan fingerprint density at radius 2 is 2.05 bits per heavy atom. The number of carbonyl (C=O) groups is 1. The van der Waals surface area contributed by atoms with Gasteiger partial charge in [-0.1, -0.05) is 11.2 Å². The van der Waals surface area contributed by atoms with Crippen LogP contribution >= 0.6 is 0 Å². The number of hydrogen-bond donors (Lipinski definition) is 2. The standard InChI is InChI=1S/C14H19F2N3O2/c1-8(2)19(7-6-11(17)18-21)14(20)12-10(15)5-4-9(3)13(12)16/h4-5,8,21H,6-7H2,1-3H3,(H2,17,18). The number of oxime groups is 1. The first-order valence-electron chi connectivity index (χ1n) is 6.51. The lowest BCUT2D eigenvalue weighted by molar-refractivity contribution is 0.0700. The van der Waals surface area contributed by atoms with Crippen LogP contribution in [0.3, 0.4) is 0 Å². The Bertz CT molecular complexity index is 559. The third-order valence-corrected chi connectivity index (χ3v) is 3.12. The molecule has 0 heterocycles. The van der Waals surface area contributed by atoms with Crippen LogP contribution in [0.4, 0.5) is 8.78 Å². The van der Waals surface area contributed by atoms with Crippen molar-refractivity contribution in [3.63, 3.8) is 0 Å². The van der Waals surface area contributed by atoms with E-state index in [4.69, 9.17) is 10.9 Å². The molecule has 0 atom stereocenters. The highest BCUT2D eigenvalue weighted by Crippen LogP contribution is 2.19. The molecule has 0 fully saturated rings. The van der Waals surface area contributed by atoms with E-state index in [2.05, 4.69) is 5.16 Å². The molecular weight excluding hydrogens is 280 g/mol. The van der Waals surface area contributed by atoms with Crippen molar-refractivity contribution in [3.8, 4) is 0 Å². The number of amidine groups is 1. The molecule has 1 amide bonds. The molecule has 3 N–H and O–H groups in total. The summed E-state index contributed by atoms with van der Waals surface area (Å²) in [6, 6.07) is 2.05. The molecule has 1 rings (SSSR count). The number of carbonyl (C=O) groups excluding carboxylic acids is 1. The number of aryl methyl sites for hydroxylation is 1. The van der Waals surface area contributed by atoms with Crippen LogP contribution in [0.25, 0.3) is 0 Å². The van der Waals surface area contributed by atoms with Crippen molar-refractivity contribution in [3.05, 3.63) is 34.9 Å². The van der Waals surface area contributed by atoms with E-state index in [1.54, 1.807) is 13.8 Å². The normalized spacial score (nSPS) is 11.8. The number of nitrogens with two attached hydrogens (primary N) is 1. The van der Waals surface area contributed by atoms with Gasteiger partial charge in [-0.2, -0.15) is 0 Å². The van der Waals surface area contributed by atoms with E-state index in [0.717, 1.165) is 6.07 Å². The summed E-state index contributed by atoms with van der Waals surface area (Å²) in [7, 11) is 0. The van der Waals surface area contributed by atoms with E-state index < -0.39 is 23.1 Å². The van der Waals surface area contributed by atoms with E-state index in [1.807, 2.05) is 0 Å². The molecule has 0 aliphatic heterocycles. The van der Waals surface area contributed by atoms with Gasteiger partial charge < -0.3 is 15.8 Å². The van der Waals surface area contributed by atoms with Gasteiger partial charge in [0.15, 0.2) is 0 Å². The molecular formula is C14H19F2N3O2. The average Bonchev–Trinajstić information content (AvgIpc) is 2.43. The number of rotatable bonds is 5. The van der Waals surface area contributed by atoms with Gasteiger partial charge in [0.1, 0.15) is 23.0 Å². The maximum Gasteiger partial charge on any atom is 0.260 e. The quantitative estimate of drug-likeness (QED) is 0.379. The minimum absolute atomic E-state index is 0.0568. The van der Waals surface area contributed by atoms with E-state index in [9.17, 15) is 13.6 Å². The first-order chi connectivity index (χ1) is 9.79. The molecule has 0 saturated heterocycles. The third-order valence-electron chi connectivity index (χ3n) is 3.12. The zero-order valence-electron chi connectivity index (χ0n) is 12.2. The summed E-state index contributed by atoms with van der Waals surface area (Å²) >= 11 is 0. The highest BCUT2D eigenvalue weighted by Gasteiger charge is 2.26. The molecule has 1 aromatic rings. The van der Waals surface area contributed by atoms with Gasteiger partial charge in [-0.15, -0.1) is 0 Å². The Kier molecular flexibility index (Phi) is 5.63. The fourth-order valence-corrected chi connectivity index (χ4v) is 1.88. The third kappa shape index (κ3) is 3.90. The SMILES string of the molecule is Cc1ccc(F)c(C(=O)N(CC/C(N)=N/O)C(C)C)c1F. The second-order valence-electron chi connectivity index (χ2n) is 4.99. The van der Waals surface area contributed by atoms with Crippen molar-refractivity contribution in [2.45, 2.75) is 33.2 Å². The van der Waals surface area contributed by atoms with Crippen molar-refractivity contribution < 1.29 is 18.8 Å². The number of nitrogens with zero attached hydrogens (tertiary/aromatic N) is 2. The predicted octanol–water partition coefficient (Wildman–Crippen LogP) is 2.26. The predicted molar refractivity (Wildman–Crippen MR) is 75.3 cm³/mol. The summed E-state index contributed by atoms with van der Waals surface area (Å²) in [6.07, 6.45) is 0.107. The molecule has 21 heavy (non-hydrogen) atoms. The zero-order chi connectivity index (χ0) is 16.2. The fraction of sp³-hybridized carbons (Fsp3) is 0.429. The van der Waals surface area contributed by atoms with Crippen LogP contribution in [-0.2, 0) is 0 Å². The minimum Gasteiger partial charge on any atom is -0.409 e. The van der Waals surface area contributed by atoms with Crippen LogP contribution < -0.4 is 5.73 Å². The van der Waals surface area contributed by atoms with Crippen molar-refractivity contribution in [1.29, 1.82) is 0 Å². The number of halogens is 2. The van der Waals surface area contributed by atoms with Crippen LogP contribution in [0.15, 0.2) is 17.3 Å². The van der Waals surface area contributed by atoms with Gasteiger partial charge in [0.25, 0.3) is 5.91 Å². The Morgan fingerprint density at radius 3 is 2.57 bits per heavy atom. The number of benzene rings is 1. The van der Waals surface area contributed by atoms with Crippen LogP contribution in [0, 0.1) is 18.6 Å². The van der Waals surface area contributed by atoms with E-state index in [1.165, 1.54) is 17.9 Å². The monoisotopic (exact) mass is 299 g/mol. The first-order valence-corrected chi connectivity index (χ1v) is 6.51. The molecule has 116 valence electrons. The van der Waals surface area contributed by atoms with Crippen LogP contribution in [-0.4, -0.2) is 34.4 Å². The summed E-state index contributed by atoms with van der Waals surface area (Å²) in [5.41, 5.74) is 4.97. The summed E-state index contributed by atoms with van der Waals surface area (Å²) < 4.78 is 27.8. The fourth-order valence-electron chi connectivity index (χ4n) is 1.88. The smallest absolute Gasteiger partial charge is 0.260 e. The molecule has 5 nitrogen and oxygen atoms in total. The molecule has 0 radical (unpaired) electrons. The van der Waals surface area contributed by atoms with Gasteiger partial charge in [-0.3, -0.25) is 4.79 Å². The highest BCUT2D eigenvalue weighted by molar-refractivity contribution is 5.95. The summed E-state index contributed by atoms with van der Waals surface area (Å²) in [5, 5.41) is 11.3. The van der Waals surface area contributed by atoms with Crippen LogP contribution in [0.1, 0.15) is 36.2 Å². The topological polar surface area (TPSA) is 78.9 Å². The van der Waals surface area contributed by atoms with Crippen molar-refractivity contribution in [1.82, 2.24) is 4.90 Å². The zero-order valence-corrected chi connectivity index (χ0v) is 12.2. The van der Waals surface area contributed by atoms with Gasteiger partial charge in [0.05, 0.1) is 0 Å². The Hall–Kier alpha value is -2.18. The molecule has 0 aromatic heterocycles. The van der Waals surface area contributed by atoms with Gasteiger partial charge in [-0.25, -0.2) is 8.78 Å². The van der Waals surface area contributed by atoms with Gasteiger partial charge in [-0.05, 0) is 32.4 Å². The Balaban J connectivity index is 3.10. The van der Waals surface area contributed by atoms with E-state index >= 15 is 0 Å². The molecule has 0 bridgehead atoms. The lowest BCUT2D eigenvalue weighted by Crippen LogP contribution is -2.40. The van der Waals surface area contributed by atoms with Crippen molar-refractivity contribution in [2.75, 3.05) is 6.54 Å². The van der Waals surface area contributed by atoms with Crippen molar-refractivity contribution in [2.24, 2.45) is 10.9 Å². The maximum atomic E-state index is 14.0. The van der Waals surface area contributed by atoms with Crippen LogP contribution in [0.2, 0.25) is 0 Å². The summed E-state index contributed by atoms with van der Waals surface area (Å²) in [5.74, 6) is -2.58. The molecule has 0 spiro atoms. The van der Waals surface area contributed by atoms with Gasteiger partial charge in [0.2, 0.25) is 0 Å². The van der Waals surface area contributed by atoms with E-state index in [-0.39, 0.29) is 30.4 Å². The van der Waals surface area contributed by atoms with E-state index in [0.29, 0.717) is 0 Å². The molecule has 1 aromatic carbocycles.